The Hall–Kier alpha value is -5.94. The predicted octanol–water partition coefficient (Wildman–Crippen LogP) is 2.82. The van der Waals surface area contributed by atoms with E-state index in [0.717, 1.165) is 11.1 Å². The third-order valence-electron chi connectivity index (χ3n) is 9.64. The second-order valence-corrected chi connectivity index (χ2v) is 13.7. The predicted molar refractivity (Wildman–Crippen MR) is 204 cm³/mol. The molecule has 2 saturated heterocycles. The molecule has 2 aliphatic rings. The van der Waals surface area contributed by atoms with Gasteiger partial charge in [0.1, 0.15) is 24.7 Å². The molecule has 0 spiro atoms. The van der Waals surface area contributed by atoms with E-state index in [9.17, 15) is 19.2 Å². The molecule has 2 aromatic heterocycles. The highest BCUT2D eigenvalue weighted by atomic mass is 16.5. The fraction of sp³-hybridized carbons (Fsp3) is 0.350. The summed E-state index contributed by atoms with van der Waals surface area (Å²) in [5.41, 5.74) is 4.89. The normalized spacial score (nSPS) is 15.5. The van der Waals surface area contributed by atoms with Crippen LogP contribution in [-0.4, -0.2) is 81.3 Å². The first kappa shape index (κ1) is 41.2. The van der Waals surface area contributed by atoms with Gasteiger partial charge in [-0.1, -0.05) is 6.07 Å². The number of pyridine rings is 2. The Kier molecular flexibility index (Phi) is 15.2. The van der Waals surface area contributed by atoms with E-state index in [1.807, 2.05) is 24.3 Å². The first-order valence-corrected chi connectivity index (χ1v) is 18.4. The lowest BCUT2D eigenvalue weighted by Gasteiger charge is -2.37. The van der Waals surface area contributed by atoms with Gasteiger partial charge in [0, 0.05) is 41.5 Å². The lowest BCUT2D eigenvalue weighted by atomic mass is 9.84. The van der Waals surface area contributed by atoms with Crippen molar-refractivity contribution in [3.05, 3.63) is 120 Å². The number of piperidine rings is 2. The van der Waals surface area contributed by atoms with Crippen LogP contribution < -0.4 is 41.7 Å². The summed E-state index contributed by atoms with van der Waals surface area (Å²) in [5.74, 6) is -0.232. The van der Waals surface area contributed by atoms with E-state index < -0.39 is 22.9 Å². The van der Waals surface area contributed by atoms with Crippen LogP contribution in [0.4, 0.5) is 0 Å². The molecule has 2 aliphatic heterocycles. The molecule has 56 heavy (non-hydrogen) atoms. The maximum absolute atomic E-state index is 12.7. The highest BCUT2D eigenvalue weighted by Gasteiger charge is 2.37. The Balaban J connectivity index is 0.000000214. The molecule has 2 aromatic carbocycles. The number of amides is 4. The second-order valence-electron chi connectivity index (χ2n) is 13.7. The number of rotatable bonds is 14. The van der Waals surface area contributed by atoms with Crippen molar-refractivity contribution < 1.29 is 39.1 Å². The Bertz CT molecular complexity index is 1720. The van der Waals surface area contributed by atoms with Crippen LogP contribution >= 0.6 is 0 Å². The number of hydrogen-bond acceptors (Lipinski definition) is 12. The van der Waals surface area contributed by atoms with Gasteiger partial charge in [0.05, 0.1) is 23.9 Å². The van der Waals surface area contributed by atoms with Gasteiger partial charge in [0.2, 0.25) is 11.8 Å². The van der Waals surface area contributed by atoms with Crippen LogP contribution in [0.1, 0.15) is 70.4 Å². The third kappa shape index (κ3) is 12.6. The van der Waals surface area contributed by atoms with E-state index in [0.29, 0.717) is 87.7 Å². The number of nitrogens with one attached hydrogen (secondary N) is 6. The summed E-state index contributed by atoms with van der Waals surface area (Å²) in [6.45, 7) is 3.59. The van der Waals surface area contributed by atoms with Crippen molar-refractivity contribution in [1.29, 1.82) is 0 Å². The van der Waals surface area contributed by atoms with E-state index in [1.165, 1.54) is 0 Å². The highest BCUT2D eigenvalue weighted by Crippen LogP contribution is 2.25. The fourth-order valence-electron chi connectivity index (χ4n) is 6.52. The number of hydroxylamine groups is 2. The standard InChI is InChI=1S/2C20H24N4O4/c25-18(24-27)13-20(7-11-22-12-8-20)23-19(26)16-1-3-17(4-2-16)28-14-15-5-9-21-10-6-15;25-18(24-27)12-20(7-10-21-11-8-20)23-19(26)16-3-5-17(6-4-16)28-14-15-2-1-9-22-13-15/h1-6,9-10,22,27H,7-8,11-14H2,(H,23,26)(H,24,25);1-6,9,13,21,27H,7-8,10-12,14H2,(H,23,26)(H,24,25). The van der Waals surface area contributed by atoms with Gasteiger partial charge in [-0.05, 0) is 124 Å². The molecule has 8 N–H and O–H groups in total. The largest absolute Gasteiger partial charge is 0.489 e. The summed E-state index contributed by atoms with van der Waals surface area (Å²) in [6, 6.07) is 21.2. The Labute approximate surface area is 324 Å². The van der Waals surface area contributed by atoms with Gasteiger partial charge in [0.25, 0.3) is 11.8 Å². The molecule has 296 valence electrons. The molecule has 4 amide bonds. The van der Waals surface area contributed by atoms with Gasteiger partial charge < -0.3 is 30.7 Å². The molecule has 2 fully saturated rings. The topological polar surface area (TPSA) is 225 Å². The molecule has 0 unspecified atom stereocenters. The number of benzene rings is 2. The van der Waals surface area contributed by atoms with Crippen LogP contribution in [0.5, 0.6) is 11.5 Å². The zero-order valence-corrected chi connectivity index (χ0v) is 31.0. The molecule has 4 heterocycles. The molecule has 16 heteroatoms. The molecular weight excluding hydrogens is 720 g/mol. The van der Waals surface area contributed by atoms with Crippen molar-refractivity contribution in [1.82, 2.24) is 42.2 Å². The molecule has 4 aromatic rings. The van der Waals surface area contributed by atoms with E-state index in [-0.39, 0.29) is 24.7 Å². The van der Waals surface area contributed by atoms with Crippen molar-refractivity contribution in [2.45, 2.75) is 62.8 Å². The SMILES string of the molecule is O=C(CC1(NC(=O)c2ccc(OCc3cccnc3)cc2)CCNCC1)NO.O=C(CC1(NC(=O)c2ccc(OCc3ccncc3)cc2)CCNCC1)NO. The van der Waals surface area contributed by atoms with Gasteiger partial charge >= 0.3 is 0 Å². The van der Waals surface area contributed by atoms with Crippen molar-refractivity contribution in [2.75, 3.05) is 26.2 Å². The minimum atomic E-state index is -0.676. The molecule has 0 radical (unpaired) electrons. The van der Waals surface area contributed by atoms with E-state index in [4.69, 9.17) is 19.9 Å². The minimum absolute atomic E-state index is 0.0310. The molecule has 0 bridgehead atoms. The summed E-state index contributed by atoms with van der Waals surface area (Å²) in [7, 11) is 0. The lowest BCUT2D eigenvalue weighted by molar-refractivity contribution is -0.131. The molecule has 0 atom stereocenters. The van der Waals surface area contributed by atoms with E-state index in [2.05, 4.69) is 31.2 Å². The van der Waals surface area contributed by atoms with Gasteiger partial charge in [-0.3, -0.25) is 39.6 Å². The molecular formula is C40H48N8O8. The second kappa shape index (κ2) is 20.7. The zero-order chi connectivity index (χ0) is 39.6. The molecule has 6 rings (SSSR count). The number of hydrogen-bond donors (Lipinski definition) is 8. The fourth-order valence-corrected chi connectivity index (χ4v) is 6.52. The minimum Gasteiger partial charge on any atom is -0.489 e. The summed E-state index contributed by atoms with van der Waals surface area (Å²) in [6.07, 6.45) is 9.36. The smallest absolute Gasteiger partial charge is 0.251 e. The first-order valence-electron chi connectivity index (χ1n) is 18.4. The van der Waals surface area contributed by atoms with E-state index in [1.54, 1.807) is 84.3 Å². The summed E-state index contributed by atoms with van der Waals surface area (Å²) >= 11 is 0. The van der Waals surface area contributed by atoms with Crippen molar-refractivity contribution in [2.24, 2.45) is 0 Å². The van der Waals surface area contributed by atoms with Crippen LogP contribution in [0, 0.1) is 0 Å². The monoisotopic (exact) mass is 768 g/mol. The summed E-state index contributed by atoms with van der Waals surface area (Å²) in [4.78, 5) is 56.8. The van der Waals surface area contributed by atoms with Crippen molar-refractivity contribution in [3.63, 3.8) is 0 Å². The number of carbonyl (C=O) groups is 4. The van der Waals surface area contributed by atoms with Crippen LogP contribution in [0.25, 0.3) is 0 Å². The maximum Gasteiger partial charge on any atom is 0.251 e. The number of aromatic nitrogens is 2. The third-order valence-corrected chi connectivity index (χ3v) is 9.64. The number of nitrogens with zero attached hydrogens (tertiary/aromatic N) is 2. The molecule has 16 nitrogen and oxygen atoms in total. The van der Waals surface area contributed by atoms with Crippen molar-refractivity contribution >= 4 is 23.6 Å². The van der Waals surface area contributed by atoms with Gasteiger partial charge in [-0.25, -0.2) is 11.0 Å². The van der Waals surface area contributed by atoms with Gasteiger partial charge in [-0.15, -0.1) is 0 Å². The molecule has 0 aliphatic carbocycles. The van der Waals surface area contributed by atoms with Crippen LogP contribution in [0.2, 0.25) is 0 Å². The Morgan fingerprint density at radius 2 is 1.04 bits per heavy atom. The summed E-state index contributed by atoms with van der Waals surface area (Å²) < 4.78 is 11.4. The average Bonchev–Trinajstić information content (AvgIpc) is 3.24. The Morgan fingerprint density at radius 1 is 0.589 bits per heavy atom. The van der Waals surface area contributed by atoms with Crippen LogP contribution in [0.15, 0.2) is 97.6 Å². The van der Waals surface area contributed by atoms with Gasteiger partial charge in [-0.2, -0.15) is 0 Å². The lowest BCUT2D eigenvalue weighted by Crippen LogP contribution is -2.56. The summed E-state index contributed by atoms with van der Waals surface area (Å²) in [5, 5.41) is 30.1. The van der Waals surface area contributed by atoms with Crippen LogP contribution in [-0.2, 0) is 22.8 Å². The number of carbonyl (C=O) groups excluding carboxylic acids is 4. The highest BCUT2D eigenvalue weighted by molar-refractivity contribution is 5.96. The van der Waals surface area contributed by atoms with E-state index >= 15 is 0 Å². The van der Waals surface area contributed by atoms with Gasteiger partial charge in [0.15, 0.2) is 0 Å². The first-order chi connectivity index (χ1) is 27.2. The van der Waals surface area contributed by atoms with Crippen molar-refractivity contribution in [3.8, 4) is 11.5 Å². The zero-order valence-electron chi connectivity index (χ0n) is 31.0. The number of ether oxygens (including phenoxy) is 2. The van der Waals surface area contributed by atoms with Crippen LogP contribution in [0.3, 0.4) is 0 Å². The maximum atomic E-state index is 12.7. The molecule has 0 saturated carbocycles. The Morgan fingerprint density at radius 3 is 1.45 bits per heavy atom. The quantitative estimate of drug-likeness (QED) is 0.0685. The average molecular weight is 769 g/mol.